The largest absolute Gasteiger partial charge is 0.497 e. The van der Waals surface area contributed by atoms with E-state index in [1.54, 1.807) is 51.7 Å². The molecule has 3 N–H and O–H groups in total. The fourth-order valence-corrected chi connectivity index (χ4v) is 3.26. The van der Waals surface area contributed by atoms with Gasteiger partial charge in [-0.2, -0.15) is 10.1 Å². The van der Waals surface area contributed by atoms with Crippen LogP contribution in [0, 0.1) is 0 Å². The van der Waals surface area contributed by atoms with Gasteiger partial charge in [-0.15, -0.1) is 5.10 Å². The minimum atomic E-state index is -0.167. The van der Waals surface area contributed by atoms with Gasteiger partial charge in [0.1, 0.15) is 17.2 Å². The Morgan fingerprint density at radius 1 is 1.06 bits per heavy atom. The second-order valence-corrected chi connectivity index (χ2v) is 7.35. The second kappa shape index (κ2) is 11.0. The van der Waals surface area contributed by atoms with Gasteiger partial charge in [-0.1, -0.05) is 11.8 Å². The molecule has 1 amide bonds. The first-order valence-corrected chi connectivity index (χ1v) is 10.5. The van der Waals surface area contributed by atoms with E-state index in [9.17, 15) is 4.79 Å². The number of carbonyl (C=O) groups excluding carboxylic acids is 1. The Labute approximate surface area is 189 Å². The van der Waals surface area contributed by atoms with Gasteiger partial charge in [0.05, 0.1) is 32.8 Å². The standard InChI is InChI=1S/C21H24N6O4S/c1-13(17-10-9-16(30-3)11-18(17)31-4)24-25-20-23-21(27-26-20)32-12-19(28)22-14-5-7-15(29-2)8-6-14/h5-11H,12H2,1-4H3,(H,22,28)(H2,23,25,26,27)/b24-13-. The number of methoxy groups -OCH3 is 3. The van der Waals surface area contributed by atoms with E-state index < -0.39 is 0 Å². The van der Waals surface area contributed by atoms with Crippen LogP contribution in [0.4, 0.5) is 11.6 Å². The lowest BCUT2D eigenvalue weighted by atomic mass is 10.1. The van der Waals surface area contributed by atoms with Crippen LogP contribution in [0.3, 0.4) is 0 Å². The number of amides is 1. The van der Waals surface area contributed by atoms with Crippen LogP contribution in [0.25, 0.3) is 0 Å². The minimum Gasteiger partial charge on any atom is -0.497 e. The van der Waals surface area contributed by atoms with E-state index in [2.05, 4.69) is 31.0 Å². The molecule has 32 heavy (non-hydrogen) atoms. The smallest absolute Gasteiger partial charge is 0.240 e. The first-order valence-electron chi connectivity index (χ1n) is 9.54. The molecule has 0 bridgehead atoms. The Balaban J connectivity index is 1.53. The number of thioether (sulfide) groups is 1. The van der Waals surface area contributed by atoms with Crippen molar-refractivity contribution in [2.75, 3.05) is 37.8 Å². The van der Waals surface area contributed by atoms with E-state index in [-0.39, 0.29) is 11.7 Å². The van der Waals surface area contributed by atoms with Crippen molar-refractivity contribution in [2.24, 2.45) is 5.10 Å². The molecule has 168 valence electrons. The fraction of sp³-hybridized carbons (Fsp3) is 0.238. The Morgan fingerprint density at radius 2 is 1.78 bits per heavy atom. The second-order valence-electron chi connectivity index (χ2n) is 6.41. The SMILES string of the molecule is COc1ccc(NC(=O)CSc2n[nH]c(N/N=C(/C)c3ccc(OC)cc3OC)n2)cc1. The summed E-state index contributed by atoms with van der Waals surface area (Å²) in [5, 5.41) is 14.4. The topological polar surface area (TPSA) is 123 Å². The molecule has 11 heteroatoms. The number of ether oxygens (including phenoxy) is 3. The molecule has 0 radical (unpaired) electrons. The molecular formula is C21H24N6O4S. The molecule has 1 aromatic heterocycles. The van der Waals surface area contributed by atoms with Crippen LogP contribution in [-0.2, 0) is 4.79 Å². The number of nitrogens with one attached hydrogen (secondary N) is 3. The maximum Gasteiger partial charge on any atom is 0.240 e. The third kappa shape index (κ3) is 6.14. The van der Waals surface area contributed by atoms with E-state index in [4.69, 9.17) is 14.2 Å². The summed E-state index contributed by atoms with van der Waals surface area (Å²) in [5.41, 5.74) is 5.01. The number of hydrogen-bond donors (Lipinski definition) is 3. The molecule has 0 aliphatic carbocycles. The van der Waals surface area contributed by atoms with Crippen molar-refractivity contribution in [3.05, 3.63) is 48.0 Å². The zero-order chi connectivity index (χ0) is 22.9. The summed E-state index contributed by atoms with van der Waals surface area (Å²) >= 11 is 1.20. The van der Waals surface area contributed by atoms with Gasteiger partial charge in [-0.05, 0) is 43.3 Å². The first-order chi connectivity index (χ1) is 15.5. The van der Waals surface area contributed by atoms with Crippen molar-refractivity contribution in [1.29, 1.82) is 0 Å². The van der Waals surface area contributed by atoms with E-state index in [1.807, 2.05) is 19.1 Å². The van der Waals surface area contributed by atoms with Gasteiger partial charge in [0, 0.05) is 17.3 Å². The van der Waals surface area contributed by atoms with Crippen LogP contribution >= 0.6 is 11.8 Å². The molecule has 0 unspecified atom stereocenters. The van der Waals surface area contributed by atoms with Crippen molar-refractivity contribution in [3.63, 3.8) is 0 Å². The minimum absolute atomic E-state index is 0.161. The van der Waals surface area contributed by atoms with Gasteiger partial charge in [-0.3, -0.25) is 4.79 Å². The van der Waals surface area contributed by atoms with Crippen molar-refractivity contribution in [1.82, 2.24) is 15.2 Å². The van der Waals surface area contributed by atoms with Gasteiger partial charge in [0.25, 0.3) is 0 Å². The van der Waals surface area contributed by atoms with Gasteiger partial charge < -0.3 is 19.5 Å². The van der Waals surface area contributed by atoms with E-state index >= 15 is 0 Å². The maximum absolute atomic E-state index is 12.1. The molecule has 0 atom stereocenters. The van der Waals surface area contributed by atoms with Crippen LogP contribution in [0.2, 0.25) is 0 Å². The summed E-state index contributed by atoms with van der Waals surface area (Å²) < 4.78 is 15.7. The number of aromatic nitrogens is 3. The number of hydrazone groups is 1. The van der Waals surface area contributed by atoms with Crippen molar-refractivity contribution >= 4 is 35.0 Å². The number of rotatable bonds is 10. The lowest BCUT2D eigenvalue weighted by Gasteiger charge is -2.10. The molecule has 0 aliphatic rings. The van der Waals surface area contributed by atoms with Gasteiger partial charge >= 0.3 is 0 Å². The van der Waals surface area contributed by atoms with E-state index in [0.717, 1.165) is 11.3 Å². The van der Waals surface area contributed by atoms with Crippen LogP contribution in [0.5, 0.6) is 17.2 Å². The molecule has 3 rings (SSSR count). The number of anilines is 2. The molecule has 1 heterocycles. The zero-order valence-corrected chi connectivity index (χ0v) is 18.9. The molecule has 0 spiro atoms. The quantitative estimate of drug-likeness (QED) is 0.241. The Kier molecular flexibility index (Phi) is 7.92. The Morgan fingerprint density at radius 3 is 2.47 bits per heavy atom. The molecule has 2 aromatic carbocycles. The summed E-state index contributed by atoms with van der Waals surface area (Å²) in [4.78, 5) is 16.4. The summed E-state index contributed by atoms with van der Waals surface area (Å²) in [6.45, 7) is 1.84. The highest BCUT2D eigenvalue weighted by atomic mass is 32.2. The van der Waals surface area contributed by atoms with Crippen LogP contribution in [-0.4, -0.2) is 53.9 Å². The highest BCUT2D eigenvalue weighted by Crippen LogP contribution is 2.25. The maximum atomic E-state index is 12.1. The third-order valence-electron chi connectivity index (χ3n) is 4.30. The number of hydrogen-bond acceptors (Lipinski definition) is 9. The predicted octanol–water partition coefficient (Wildman–Crippen LogP) is 3.40. The summed E-state index contributed by atoms with van der Waals surface area (Å²) in [6.07, 6.45) is 0. The van der Waals surface area contributed by atoms with Crippen LogP contribution in [0.1, 0.15) is 12.5 Å². The van der Waals surface area contributed by atoms with Gasteiger partial charge in [-0.25, -0.2) is 10.5 Å². The average molecular weight is 457 g/mol. The summed E-state index contributed by atoms with van der Waals surface area (Å²) in [7, 11) is 4.77. The lowest BCUT2D eigenvalue weighted by molar-refractivity contribution is -0.113. The van der Waals surface area contributed by atoms with Crippen molar-refractivity contribution in [2.45, 2.75) is 12.1 Å². The summed E-state index contributed by atoms with van der Waals surface area (Å²) in [5.74, 6) is 2.41. The number of benzene rings is 2. The predicted molar refractivity (Wildman–Crippen MR) is 124 cm³/mol. The Hall–Kier alpha value is -3.73. The highest BCUT2D eigenvalue weighted by Gasteiger charge is 2.10. The highest BCUT2D eigenvalue weighted by molar-refractivity contribution is 7.99. The number of carbonyl (C=O) groups is 1. The molecule has 3 aromatic rings. The first kappa shape index (κ1) is 22.9. The Bertz CT molecular complexity index is 1080. The molecule has 0 fully saturated rings. The lowest BCUT2D eigenvalue weighted by Crippen LogP contribution is -2.14. The van der Waals surface area contributed by atoms with E-state index in [1.165, 1.54) is 11.8 Å². The van der Waals surface area contributed by atoms with Crippen LogP contribution < -0.4 is 25.0 Å². The van der Waals surface area contributed by atoms with E-state index in [0.29, 0.717) is 34.0 Å². The van der Waals surface area contributed by atoms with Gasteiger partial charge in [0.15, 0.2) is 0 Å². The average Bonchev–Trinajstić information content (AvgIpc) is 3.29. The molecule has 10 nitrogen and oxygen atoms in total. The van der Waals surface area contributed by atoms with Crippen LogP contribution in [0.15, 0.2) is 52.7 Å². The normalized spacial score (nSPS) is 11.1. The zero-order valence-electron chi connectivity index (χ0n) is 18.1. The number of H-pyrrole nitrogens is 1. The van der Waals surface area contributed by atoms with Gasteiger partial charge in [0.2, 0.25) is 17.0 Å². The van der Waals surface area contributed by atoms with Crippen molar-refractivity contribution in [3.8, 4) is 17.2 Å². The molecule has 0 saturated carbocycles. The molecule has 0 aliphatic heterocycles. The monoisotopic (exact) mass is 456 g/mol. The fourth-order valence-electron chi connectivity index (χ4n) is 2.66. The molecular weight excluding hydrogens is 432 g/mol. The third-order valence-corrected chi connectivity index (χ3v) is 5.15. The van der Waals surface area contributed by atoms with Crippen molar-refractivity contribution < 1.29 is 19.0 Å². The summed E-state index contributed by atoms with van der Waals surface area (Å²) in [6, 6.07) is 12.6. The number of nitrogens with zero attached hydrogens (tertiary/aromatic N) is 3. The number of aromatic amines is 1. The molecule has 0 saturated heterocycles.